The van der Waals surface area contributed by atoms with Crippen LogP contribution in [0.4, 0.5) is 0 Å². The molecule has 1 aromatic carbocycles. The molecule has 27 heavy (non-hydrogen) atoms. The van der Waals surface area contributed by atoms with Gasteiger partial charge in [-0.3, -0.25) is 4.90 Å². The molecule has 1 aliphatic rings. The highest BCUT2D eigenvalue weighted by Gasteiger charge is 2.28. The molecule has 1 fully saturated rings. The second kappa shape index (κ2) is 7.89. The Kier molecular flexibility index (Phi) is 5.34. The first-order valence-corrected chi connectivity index (χ1v) is 9.68. The molecule has 0 amide bonds. The van der Waals surface area contributed by atoms with E-state index in [0.29, 0.717) is 5.02 Å². The first-order chi connectivity index (χ1) is 13.2. The van der Waals surface area contributed by atoms with Crippen molar-refractivity contribution in [3.63, 3.8) is 0 Å². The third-order valence-electron chi connectivity index (χ3n) is 5.47. The summed E-state index contributed by atoms with van der Waals surface area (Å²) < 4.78 is 7.46. The summed E-state index contributed by atoms with van der Waals surface area (Å²) in [5.41, 5.74) is 2.93. The van der Waals surface area contributed by atoms with Gasteiger partial charge in [-0.15, -0.1) is 0 Å². The summed E-state index contributed by atoms with van der Waals surface area (Å²) in [5.74, 6) is 1.00. The van der Waals surface area contributed by atoms with Crippen molar-refractivity contribution in [3.05, 3.63) is 65.1 Å². The third kappa shape index (κ3) is 3.81. The van der Waals surface area contributed by atoms with Gasteiger partial charge in [0.25, 0.3) is 0 Å². The fourth-order valence-corrected chi connectivity index (χ4v) is 4.10. The van der Waals surface area contributed by atoms with Crippen molar-refractivity contribution < 1.29 is 9.84 Å². The number of para-hydroxylation sites is 1. The summed E-state index contributed by atoms with van der Waals surface area (Å²) in [6, 6.07) is 11.5. The Morgan fingerprint density at radius 3 is 2.78 bits per heavy atom. The first kappa shape index (κ1) is 18.3. The zero-order valence-corrected chi connectivity index (χ0v) is 16.1. The average molecular weight is 386 g/mol. The topological polar surface area (TPSA) is 50.0 Å². The molecule has 0 aliphatic carbocycles. The number of hydrogen-bond donors (Lipinski definition) is 1. The Labute approximate surface area is 164 Å². The van der Waals surface area contributed by atoms with Crippen LogP contribution < -0.4 is 4.74 Å². The Morgan fingerprint density at radius 1 is 1.22 bits per heavy atom. The molecule has 4 rings (SSSR count). The van der Waals surface area contributed by atoms with Crippen LogP contribution >= 0.6 is 11.6 Å². The predicted octanol–water partition coefficient (Wildman–Crippen LogP) is 3.94. The minimum Gasteiger partial charge on any atom is -0.496 e. The van der Waals surface area contributed by atoms with Crippen LogP contribution in [0, 0.1) is 5.92 Å². The van der Waals surface area contributed by atoms with E-state index in [9.17, 15) is 5.11 Å². The molecule has 1 N–H and O–H groups in total. The van der Waals surface area contributed by atoms with Gasteiger partial charge in [-0.05, 0) is 50.0 Å². The van der Waals surface area contributed by atoms with Crippen LogP contribution in [0.5, 0.6) is 5.75 Å². The van der Waals surface area contributed by atoms with Gasteiger partial charge in [-0.1, -0.05) is 29.8 Å². The van der Waals surface area contributed by atoms with Crippen molar-refractivity contribution in [2.24, 2.45) is 5.92 Å². The van der Waals surface area contributed by atoms with Crippen molar-refractivity contribution in [3.8, 4) is 5.75 Å². The number of pyridine rings is 1. The highest BCUT2D eigenvalue weighted by atomic mass is 35.5. The number of aliphatic hydroxyl groups is 1. The van der Waals surface area contributed by atoms with Gasteiger partial charge in [0.05, 0.1) is 30.1 Å². The van der Waals surface area contributed by atoms with E-state index in [0.717, 1.165) is 55.1 Å². The van der Waals surface area contributed by atoms with Gasteiger partial charge in [0.2, 0.25) is 0 Å². The molecule has 1 unspecified atom stereocenters. The van der Waals surface area contributed by atoms with E-state index in [1.165, 1.54) is 0 Å². The van der Waals surface area contributed by atoms with Gasteiger partial charge in [0.15, 0.2) is 0 Å². The van der Waals surface area contributed by atoms with Gasteiger partial charge in [-0.2, -0.15) is 0 Å². The number of benzene rings is 1. The number of methoxy groups -OCH3 is 1. The Morgan fingerprint density at radius 2 is 2.00 bits per heavy atom. The molecule has 142 valence electrons. The highest BCUT2D eigenvalue weighted by Crippen LogP contribution is 2.35. The van der Waals surface area contributed by atoms with Crippen molar-refractivity contribution >= 4 is 17.2 Å². The molecule has 1 aliphatic heterocycles. The standard InChI is InChI=1S/C21H24ClN3O2/c1-27-19-5-3-2-4-18(19)21(26)15-8-10-24(11-9-15)14-17-12-23-20-7-6-16(22)13-25(17)20/h2-7,12-13,15,21,26H,8-11,14H2,1H3. The quantitative estimate of drug-likeness (QED) is 0.722. The number of halogens is 1. The SMILES string of the molecule is COc1ccccc1C(O)C1CCN(Cc2cnc3ccc(Cl)cn23)CC1. The maximum atomic E-state index is 10.8. The van der Waals surface area contributed by atoms with E-state index in [1.54, 1.807) is 7.11 Å². The zero-order valence-electron chi connectivity index (χ0n) is 15.4. The minimum absolute atomic E-state index is 0.245. The lowest BCUT2D eigenvalue weighted by atomic mass is 9.87. The number of ether oxygens (including phenoxy) is 1. The van der Waals surface area contributed by atoms with E-state index in [-0.39, 0.29) is 5.92 Å². The van der Waals surface area contributed by atoms with Gasteiger partial charge < -0.3 is 14.2 Å². The van der Waals surface area contributed by atoms with E-state index < -0.39 is 6.10 Å². The Hall–Kier alpha value is -2.08. The number of hydrogen-bond acceptors (Lipinski definition) is 4. The molecule has 3 aromatic rings. The van der Waals surface area contributed by atoms with Gasteiger partial charge in [0, 0.05) is 18.3 Å². The van der Waals surface area contributed by atoms with Gasteiger partial charge in [0.1, 0.15) is 11.4 Å². The molecule has 0 spiro atoms. The van der Waals surface area contributed by atoms with Crippen LogP contribution in [-0.2, 0) is 6.54 Å². The lowest BCUT2D eigenvalue weighted by Gasteiger charge is -2.34. The monoisotopic (exact) mass is 385 g/mol. The number of rotatable bonds is 5. The minimum atomic E-state index is -0.488. The van der Waals surface area contributed by atoms with Gasteiger partial charge in [-0.25, -0.2) is 4.98 Å². The molecule has 0 radical (unpaired) electrons. The second-order valence-corrected chi connectivity index (χ2v) is 7.56. The number of imidazole rings is 1. The number of aliphatic hydroxyl groups excluding tert-OH is 1. The van der Waals surface area contributed by atoms with E-state index in [1.807, 2.05) is 48.8 Å². The van der Waals surface area contributed by atoms with Crippen LogP contribution in [0.25, 0.3) is 5.65 Å². The molecule has 5 nitrogen and oxygen atoms in total. The van der Waals surface area contributed by atoms with E-state index in [4.69, 9.17) is 16.3 Å². The summed E-state index contributed by atoms with van der Waals surface area (Å²) in [6.45, 7) is 2.73. The predicted molar refractivity (Wildman–Crippen MR) is 106 cm³/mol. The Bertz CT molecular complexity index is 919. The largest absolute Gasteiger partial charge is 0.496 e. The summed E-state index contributed by atoms with van der Waals surface area (Å²) in [4.78, 5) is 6.86. The van der Waals surface area contributed by atoms with Crippen LogP contribution in [0.1, 0.15) is 30.2 Å². The molecule has 0 bridgehead atoms. The maximum absolute atomic E-state index is 10.8. The number of piperidine rings is 1. The number of likely N-dealkylation sites (tertiary alicyclic amines) is 1. The van der Waals surface area contributed by atoms with Crippen LogP contribution in [0.2, 0.25) is 5.02 Å². The number of fused-ring (bicyclic) bond motifs is 1. The number of aromatic nitrogens is 2. The normalized spacial score (nSPS) is 17.3. The molecular weight excluding hydrogens is 362 g/mol. The van der Waals surface area contributed by atoms with Crippen LogP contribution in [0.15, 0.2) is 48.8 Å². The summed E-state index contributed by atoms with van der Waals surface area (Å²) in [6.07, 6.45) is 5.25. The molecule has 1 atom stereocenters. The molecular formula is C21H24ClN3O2. The van der Waals surface area contributed by atoms with Crippen LogP contribution in [0.3, 0.4) is 0 Å². The first-order valence-electron chi connectivity index (χ1n) is 9.30. The average Bonchev–Trinajstić information content (AvgIpc) is 3.10. The second-order valence-electron chi connectivity index (χ2n) is 7.13. The van der Waals surface area contributed by atoms with Crippen molar-refractivity contribution in [2.45, 2.75) is 25.5 Å². The third-order valence-corrected chi connectivity index (χ3v) is 5.69. The smallest absolute Gasteiger partial charge is 0.137 e. The summed E-state index contributed by atoms with van der Waals surface area (Å²) >= 11 is 6.13. The molecule has 3 heterocycles. The lowest BCUT2D eigenvalue weighted by Crippen LogP contribution is -2.35. The highest BCUT2D eigenvalue weighted by molar-refractivity contribution is 6.30. The summed E-state index contributed by atoms with van der Waals surface area (Å²) in [5, 5.41) is 11.6. The van der Waals surface area contributed by atoms with Gasteiger partial charge >= 0.3 is 0 Å². The van der Waals surface area contributed by atoms with Crippen molar-refractivity contribution in [1.82, 2.24) is 14.3 Å². The van der Waals surface area contributed by atoms with E-state index in [2.05, 4.69) is 14.3 Å². The fourth-order valence-electron chi connectivity index (χ4n) is 3.94. The summed E-state index contributed by atoms with van der Waals surface area (Å²) in [7, 11) is 1.65. The molecule has 1 saturated heterocycles. The Balaban J connectivity index is 1.40. The van der Waals surface area contributed by atoms with Crippen molar-refractivity contribution in [1.29, 1.82) is 0 Å². The molecule has 2 aromatic heterocycles. The van der Waals surface area contributed by atoms with E-state index >= 15 is 0 Å². The lowest BCUT2D eigenvalue weighted by molar-refractivity contribution is 0.0547. The van der Waals surface area contributed by atoms with Crippen molar-refractivity contribution in [2.75, 3.05) is 20.2 Å². The number of nitrogens with zero attached hydrogens (tertiary/aromatic N) is 3. The molecule has 0 saturated carbocycles. The maximum Gasteiger partial charge on any atom is 0.137 e. The zero-order chi connectivity index (χ0) is 18.8. The fraction of sp³-hybridized carbons (Fsp3) is 0.381. The van der Waals surface area contributed by atoms with Crippen LogP contribution in [-0.4, -0.2) is 39.6 Å². The molecule has 6 heteroatoms.